The van der Waals surface area contributed by atoms with Crippen LogP contribution in [0.3, 0.4) is 0 Å². The van der Waals surface area contributed by atoms with Gasteiger partial charge in [0.05, 0.1) is 11.4 Å². The van der Waals surface area contributed by atoms with Crippen molar-refractivity contribution in [3.8, 4) is 0 Å². The van der Waals surface area contributed by atoms with Crippen LogP contribution in [-0.2, 0) is 26.2 Å². The maximum atomic E-state index is 13.1. The largest absolute Gasteiger partial charge is 0.355 e. The third-order valence-corrected chi connectivity index (χ3v) is 6.66. The summed E-state index contributed by atoms with van der Waals surface area (Å²) in [4.78, 5) is 26.8. The van der Waals surface area contributed by atoms with Crippen LogP contribution in [0.2, 0.25) is 5.02 Å². The molecule has 0 saturated heterocycles. The molecule has 2 rings (SSSR count). The van der Waals surface area contributed by atoms with Gasteiger partial charge in [-0.25, -0.2) is 8.42 Å². The summed E-state index contributed by atoms with van der Waals surface area (Å²) in [6.45, 7) is 3.63. The Bertz CT molecular complexity index is 966. The van der Waals surface area contributed by atoms with Crippen LogP contribution in [0.15, 0.2) is 59.5 Å². The molecular weight excluding hydrogens is 426 g/mol. The van der Waals surface area contributed by atoms with E-state index in [1.807, 2.05) is 30.3 Å². The zero-order valence-corrected chi connectivity index (χ0v) is 18.8. The van der Waals surface area contributed by atoms with Gasteiger partial charge in [-0.1, -0.05) is 41.9 Å². The molecule has 0 aliphatic rings. The number of hydrogen-bond donors (Lipinski definition) is 1. The van der Waals surface area contributed by atoms with Crippen molar-refractivity contribution >= 4 is 33.4 Å². The second kappa shape index (κ2) is 10.6. The van der Waals surface area contributed by atoms with Gasteiger partial charge in [-0.05, 0) is 43.7 Å². The van der Waals surface area contributed by atoms with E-state index in [9.17, 15) is 18.0 Å². The molecule has 0 radical (unpaired) electrons. The first-order valence-electron chi connectivity index (χ1n) is 9.49. The predicted octanol–water partition coefficient (Wildman–Crippen LogP) is 2.51. The molecule has 0 aromatic heterocycles. The molecule has 2 aromatic carbocycles. The number of nitrogens with one attached hydrogen (secondary N) is 1. The van der Waals surface area contributed by atoms with E-state index in [0.717, 1.165) is 9.87 Å². The van der Waals surface area contributed by atoms with Gasteiger partial charge in [-0.2, -0.15) is 4.31 Å². The normalized spacial score (nSPS) is 12.4. The maximum absolute atomic E-state index is 13.1. The molecular formula is C21H26ClN3O4S. The van der Waals surface area contributed by atoms with E-state index in [4.69, 9.17) is 11.6 Å². The zero-order chi connectivity index (χ0) is 22.3. The standard InChI is InChI=1S/C21H26ClN3O4S/c1-4-23-21(27)16(2)25(14-17-8-6-5-7-9-17)20(26)15-24(3)30(28,29)19-12-10-18(22)11-13-19/h5-13,16H,4,14-15H2,1-3H3,(H,23,27). The number of nitrogens with zero attached hydrogens (tertiary/aromatic N) is 2. The van der Waals surface area contributed by atoms with Crippen LogP contribution in [0.1, 0.15) is 19.4 Å². The van der Waals surface area contributed by atoms with Crippen LogP contribution in [0, 0.1) is 0 Å². The van der Waals surface area contributed by atoms with Crippen molar-refractivity contribution in [3.63, 3.8) is 0 Å². The van der Waals surface area contributed by atoms with Gasteiger partial charge in [0.2, 0.25) is 21.8 Å². The van der Waals surface area contributed by atoms with Gasteiger partial charge in [-0.15, -0.1) is 0 Å². The quantitative estimate of drug-likeness (QED) is 0.634. The fourth-order valence-electron chi connectivity index (χ4n) is 2.84. The Balaban J connectivity index is 2.23. The Kier molecular flexibility index (Phi) is 8.40. The Morgan fingerprint density at radius 2 is 1.67 bits per heavy atom. The highest BCUT2D eigenvalue weighted by molar-refractivity contribution is 7.89. The number of amides is 2. The molecule has 162 valence electrons. The van der Waals surface area contributed by atoms with Gasteiger partial charge in [0, 0.05) is 25.2 Å². The SMILES string of the molecule is CCNC(=O)C(C)N(Cc1ccccc1)C(=O)CN(C)S(=O)(=O)c1ccc(Cl)cc1. The summed E-state index contributed by atoms with van der Waals surface area (Å²) in [6.07, 6.45) is 0. The number of likely N-dealkylation sites (N-methyl/N-ethyl adjacent to an activating group) is 2. The molecule has 1 N–H and O–H groups in total. The van der Waals surface area contributed by atoms with Gasteiger partial charge >= 0.3 is 0 Å². The monoisotopic (exact) mass is 451 g/mol. The zero-order valence-electron chi connectivity index (χ0n) is 17.2. The van der Waals surface area contributed by atoms with Crippen LogP contribution in [-0.4, -0.2) is 55.6 Å². The van der Waals surface area contributed by atoms with Crippen molar-refractivity contribution in [1.29, 1.82) is 0 Å². The van der Waals surface area contributed by atoms with Crippen LogP contribution in [0.5, 0.6) is 0 Å². The van der Waals surface area contributed by atoms with E-state index in [0.29, 0.717) is 11.6 Å². The summed E-state index contributed by atoms with van der Waals surface area (Å²) < 4.78 is 26.6. The first-order chi connectivity index (χ1) is 14.2. The average Bonchev–Trinajstić information content (AvgIpc) is 2.72. The van der Waals surface area contributed by atoms with Crippen LogP contribution in [0.25, 0.3) is 0 Å². The Labute approximate surface area is 182 Å². The van der Waals surface area contributed by atoms with E-state index >= 15 is 0 Å². The molecule has 0 fully saturated rings. The van der Waals surface area contributed by atoms with Crippen molar-refractivity contribution in [3.05, 3.63) is 65.2 Å². The molecule has 30 heavy (non-hydrogen) atoms. The molecule has 1 unspecified atom stereocenters. The highest BCUT2D eigenvalue weighted by atomic mass is 35.5. The summed E-state index contributed by atoms with van der Waals surface area (Å²) in [5, 5.41) is 3.12. The molecule has 0 spiro atoms. The van der Waals surface area contributed by atoms with Crippen LogP contribution >= 0.6 is 11.6 Å². The van der Waals surface area contributed by atoms with Gasteiger partial charge in [-0.3, -0.25) is 9.59 Å². The third-order valence-electron chi connectivity index (χ3n) is 4.59. The number of halogens is 1. The number of sulfonamides is 1. The molecule has 0 saturated carbocycles. The maximum Gasteiger partial charge on any atom is 0.243 e. The number of rotatable bonds is 9. The average molecular weight is 452 g/mol. The second-order valence-electron chi connectivity index (χ2n) is 6.79. The Hall–Kier alpha value is -2.42. The third kappa shape index (κ3) is 6.04. The van der Waals surface area contributed by atoms with Gasteiger partial charge < -0.3 is 10.2 Å². The molecule has 0 aliphatic heterocycles. The van der Waals surface area contributed by atoms with Crippen molar-refractivity contribution in [2.24, 2.45) is 0 Å². The van der Waals surface area contributed by atoms with Crippen molar-refractivity contribution < 1.29 is 18.0 Å². The minimum Gasteiger partial charge on any atom is -0.355 e. The van der Waals surface area contributed by atoms with Gasteiger partial charge in [0.15, 0.2) is 0 Å². The second-order valence-corrected chi connectivity index (χ2v) is 9.27. The molecule has 7 nitrogen and oxygen atoms in total. The molecule has 0 bridgehead atoms. The Morgan fingerprint density at radius 3 is 2.23 bits per heavy atom. The Morgan fingerprint density at radius 1 is 1.07 bits per heavy atom. The highest BCUT2D eigenvalue weighted by Gasteiger charge is 2.30. The lowest BCUT2D eigenvalue weighted by molar-refractivity contribution is -0.140. The van der Waals surface area contributed by atoms with E-state index in [1.165, 1.54) is 36.2 Å². The predicted molar refractivity (Wildman–Crippen MR) is 116 cm³/mol. The number of carbonyl (C=O) groups is 2. The van der Waals surface area contributed by atoms with Crippen LogP contribution < -0.4 is 5.32 Å². The molecule has 0 heterocycles. The minimum absolute atomic E-state index is 0.0357. The summed E-state index contributed by atoms with van der Waals surface area (Å²) >= 11 is 5.83. The summed E-state index contributed by atoms with van der Waals surface area (Å²) in [5.41, 5.74) is 0.838. The first-order valence-corrected chi connectivity index (χ1v) is 11.3. The molecule has 1 atom stereocenters. The minimum atomic E-state index is -3.89. The van der Waals surface area contributed by atoms with Crippen molar-refractivity contribution in [1.82, 2.24) is 14.5 Å². The van der Waals surface area contributed by atoms with E-state index in [-0.39, 0.29) is 17.3 Å². The van der Waals surface area contributed by atoms with Gasteiger partial charge in [0.25, 0.3) is 0 Å². The number of carbonyl (C=O) groups excluding carboxylic acids is 2. The van der Waals surface area contributed by atoms with Crippen molar-refractivity contribution in [2.45, 2.75) is 31.3 Å². The lowest BCUT2D eigenvalue weighted by Crippen LogP contribution is -2.50. The van der Waals surface area contributed by atoms with E-state index < -0.39 is 28.5 Å². The lowest BCUT2D eigenvalue weighted by Gasteiger charge is -2.30. The molecule has 9 heteroatoms. The van der Waals surface area contributed by atoms with Crippen LogP contribution in [0.4, 0.5) is 0 Å². The van der Waals surface area contributed by atoms with Crippen molar-refractivity contribution in [2.75, 3.05) is 20.1 Å². The summed E-state index contributed by atoms with van der Waals surface area (Å²) in [7, 11) is -2.55. The fourth-order valence-corrected chi connectivity index (χ4v) is 4.08. The lowest BCUT2D eigenvalue weighted by atomic mass is 10.1. The summed E-state index contributed by atoms with van der Waals surface area (Å²) in [6, 6.07) is 14.2. The number of benzene rings is 2. The topological polar surface area (TPSA) is 86.8 Å². The van der Waals surface area contributed by atoms with Gasteiger partial charge in [0.1, 0.15) is 6.04 Å². The summed E-state index contributed by atoms with van der Waals surface area (Å²) in [5.74, 6) is -0.775. The fraction of sp³-hybridized carbons (Fsp3) is 0.333. The van der Waals surface area contributed by atoms with E-state index in [1.54, 1.807) is 13.8 Å². The number of hydrogen-bond acceptors (Lipinski definition) is 4. The first kappa shape index (κ1) is 23.9. The smallest absolute Gasteiger partial charge is 0.243 e. The molecule has 2 amide bonds. The highest BCUT2D eigenvalue weighted by Crippen LogP contribution is 2.18. The van der Waals surface area contributed by atoms with E-state index in [2.05, 4.69) is 5.32 Å². The molecule has 0 aliphatic carbocycles. The molecule has 2 aromatic rings.